The van der Waals surface area contributed by atoms with Gasteiger partial charge in [0, 0.05) is 57.4 Å². The zero-order valence-corrected chi connectivity index (χ0v) is 29.9. The first-order valence-electron chi connectivity index (χ1n) is 17.8. The van der Waals surface area contributed by atoms with E-state index in [2.05, 4.69) is 168 Å². The molecule has 53 heavy (non-hydrogen) atoms. The van der Waals surface area contributed by atoms with Crippen molar-refractivity contribution in [2.24, 2.45) is 0 Å². The maximum Gasteiger partial charge on any atom is 0.236 e. The fourth-order valence-corrected chi connectivity index (χ4v) is 10.8. The van der Waals surface area contributed by atoms with E-state index in [-0.39, 0.29) is 0 Å². The molecule has 4 heterocycles. The molecule has 0 radical (unpaired) electrons. The minimum Gasteiger partial charge on any atom is -0.277 e. The molecule has 0 saturated carbocycles. The molecular weight excluding hydrogens is 683 g/mol. The predicted molar refractivity (Wildman–Crippen MR) is 228 cm³/mol. The Bertz CT molecular complexity index is 3460. The zero-order valence-electron chi connectivity index (χ0n) is 28.2. The van der Waals surface area contributed by atoms with Crippen molar-refractivity contribution in [3.05, 3.63) is 164 Å². The van der Waals surface area contributed by atoms with Crippen LogP contribution >= 0.6 is 22.7 Å². The first-order chi connectivity index (χ1) is 26.3. The summed E-state index contributed by atoms with van der Waals surface area (Å²) >= 11 is 3.63. The normalized spacial score (nSPS) is 12.2. The Kier molecular flexibility index (Phi) is 6.09. The fraction of sp³-hybridized carbons (Fsp3) is 0. The quantitative estimate of drug-likeness (QED) is 0.183. The van der Waals surface area contributed by atoms with E-state index in [4.69, 9.17) is 9.97 Å². The Morgan fingerprint density at radius 2 is 1.02 bits per heavy atom. The second-order valence-corrected chi connectivity index (χ2v) is 15.8. The molecule has 0 unspecified atom stereocenters. The summed E-state index contributed by atoms with van der Waals surface area (Å²) in [5.41, 5.74) is 6.73. The average Bonchev–Trinajstić information content (AvgIpc) is 3.90. The number of aromatic nitrogens is 3. The van der Waals surface area contributed by atoms with Gasteiger partial charge in [0.25, 0.3) is 0 Å². The summed E-state index contributed by atoms with van der Waals surface area (Å²) in [7, 11) is 0. The third-order valence-electron chi connectivity index (χ3n) is 10.8. The van der Waals surface area contributed by atoms with Crippen LogP contribution in [-0.2, 0) is 0 Å². The van der Waals surface area contributed by atoms with Crippen LogP contribution in [0.2, 0.25) is 0 Å². The van der Waals surface area contributed by atoms with Gasteiger partial charge in [-0.1, -0.05) is 133 Å². The SMILES string of the molecule is c1ccc(-c2ccc3cc(-c4nc(-n5c6ccccc6c6c7sc8ccccc8c7c7ccccc7c65)nc5sc6ccccc6c45)ccc3c2)cc1. The Labute approximate surface area is 311 Å². The van der Waals surface area contributed by atoms with Crippen molar-refractivity contribution in [2.75, 3.05) is 0 Å². The molecular formula is C48H27N3S2. The van der Waals surface area contributed by atoms with Crippen LogP contribution in [0.3, 0.4) is 0 Å². The van der Waals surface area contributed by atoms with Gasteiger partial charge in [-0.2, -0.15) is 0 Å². The van der Waals surface area contributed by atoms with Crippen molar-refractivity contribution in [1.82, 2.24) is 14.5 Å². The molecule has 246 valence electrons. The molecule has 0 aliphatic heterocycles. The van der Waals surface area contributed by atoms with Gasteiger partial charge >= 0.3 is 0 Å². The summed E-state index contributed by atoms with van der Waals surface area (Å²) in [6.45, 7) is 0. The van der Waals surface area contributed by atoms with E-state index in [1.165, 1.54) is 73.7 Å². The summed E-state index contributed by atoms with van der Waals surface area (Å²) in [5.74, 6) is 0.690. The molecule has 0 aliphatic rings. The van der Waals surface area contributed by atoms with Gasteiger partial charge < -0.3 is 0 Å². The number of nitrogens with zero attached hydrogens (tertiary/aromatic N) is 3. The van der Waals surface area contributed by atoms with Crippen LogP contribution in [0.25, 0.3) is 112 Å². The highest BCUT2D eigenvalue weighted by Crippen LogP contribution is 2.48. The molecule has 0 amide bonds. The Morgan fingerprint density at radius 3 is 1.81 bits per heavy atom. The molecule has 3 nitrogen and oxygen atoms in total. The number of thiophene rings is 2. The molecule has 0 spiro atoms. The molecule has 4 aromatic heterocycles. The van der Waals surface area contributed by atoms with Crippen LogP contribution in [0.1, 0.15) is 0 Å². The first-order valence-corrected chi connectivity index (χ1v) is 19.5. The van der Waals surface area contributed by atoms with E-state index in [1.54, 1.807) is 11.3 Å². The maximum absolute atomic E-state index is 5.60. The molecule has 0 fully saturated rings. The number of benzene rings is 8. The molecule has 0 saturated heterocycles. The van der Waals surface area contributed by atoms with Crippen LogP contribution in [0, 0.1) is 0 Å². The highest BCUT2D eigenvalue weighted by atomic mass is 32.1. The minimum atomic E-state index is 0.690. The van der Waals surface area contributed by atoms with E-state index >= 15 is 0 Å². The monoisotopic (exact) mass is 709 g/mol. The minimum absolute atomic E-state index is 0.690. The van der Waals surface area contributed by atoms with Crippen molar-refractivity contribution < 1.29 is 0 Å². The van der Waals surface area contributed by atoms with Crippen LogP contribution in [0.5, 0.6) is 0 Å². The second kappa shape index (κ2) is 11.1. The molecule has 5 heteroatoms. The van der Waals surface area contributed by atoms with Crippen molar-refractivity contribution >= 4 is 106 Å². The predicted octanol–water partition coefficient (Wildman–Crippen LogP) is 13.9. The van der Waals surface area contributed by atoms with Crippen LogP contribution in [-0.4, -0.2) is 14.5 Å². The Hall–Kier alpha value is -6.40. The molecule has 12 rings (SSSR count). The highest BCUT2D eigenvalue weighted by Gasteiger charge is 2.24. The number of hydrogen-bond acceptors (Lipinski definition) is 4. The van der Waals surface area contributed by atoms with Gasteiger partial charge in [0.2, 0.25) is 5.95 Å². The summed E-state index contributed by atoms with van der Waals surface area (Å²) in [4.78, 5) is 12.0. The number of rotatable bonds is 3. The number of fused-ring (bicyclic) bond motifs is 14. The molecule has 0 aliphatic carbocycles. The van der Waals surface area contributed by atoms with Gasteiger partial charge in [-0.25, -0.2) is 9.97 Å². The second-order valence-electron chi connectivity index (χ2n) is 13.7. The lowest BCUT2D eigenvalue weighted by molar-refractivity contribution is 1.02. The lowest BCUT2D eigenvalue weighted by atomic mass is 9.98. The van der Waals surface area contributed by atoms with Gasteiger partial charge in [-0.05, 0) is 57.6 Å². The lowest BCUT2D eigenvalue weighted by Crippen LogP contribution is -2.03. The van der Waals surface area contributed by atoms with Crippen LogP contribution in [0.15, 0.2) is 164 Å². The van der Waals surface area contributed by atoms with Crippen LogP contribution < -0.4 is 0 Å². The molecule has 0 atom stereocenters. The average molecular weight is 710 g/mol. The molecule has 0 N–H and O–H groups in total. The summed E-state index contributed by atoms with van der Waals surface area (Å²) in [6.07, 6.45) is 0. The largest absolute Gasteiger partial charge is 0.277 e. The van der Waals surface area contributed by atoms with Gasteiger partial charge in [-0.3, -0.25) is 4.57 Å². The van der Waals surface area contributed by atoms with E-state index in [1.807, 2.05) is 11.3 Å². The van der Waals surface area contributed by atoms with Crippen molar-refractivity contribution in [3.63, 3.8) is 0 Å². The first kappa shape index (κ1) is 29.2. The van der Waals surface area contributed by atoms with Crippen LogP contribution in [0.4, 0.5) is 0 Å². The van der Waals surface area contributed by atoms with Gasteiger partial charge in [0.15, 0.2) is 0 Å². The topological polar surface area (TPSA) is 30.7 Å². The zero-order chi connectivity index (χ0) is 34.6. The summed E-state index contributed by atoms with van der Waals surface area (Å²) in [5, 5.41) is 12.2. The highest BCUT2D eigenvalue weighted by molar-refractivity contribution is 7.27. The smallest absolute Gasteiger partial charge is 0.236 e. The van der Waals surface area contributed by atoms with Gasteiger partial charge in [0.1, 0.15) is 4.83 Å². The van der Waals surface area contributed by atoms with Gasteiger partial charge in [-0.15, -0.1) is 22.7 Å². The Balaban J connectivity index is 1.19. The molecule has 0 bridgehead atoms. The lowest BCUT2D eigenvalue weighted by Gasteiger charge is -2.12. The molecule has 12 aromatic rings. The number of hydrogen-bond donors (Lipinski definition) is 0. The third kappa shape index (κ3) is 4.20. The fourth-order valence-electron chi connectivity index (χ4n) is 8.45. The van der Waals surface area contributed by atoms with Gasteiger partial charge in [0.05, 0.1) is 16.7 Å². The standard InChI is InChI=1S/C48H27N3S2/c1-2-12-28(13-3-1)29-22-23-31-27-32(25-24-30(31)26-29)44-42-37-18-8-11-21-40(37)53-47(42)50-48(49-44)51-38-19-9-6-16-35(38)43-45(51)34-15-5-4-14-33(34)41-36-17-7-10-20-39(36)52-46(41)43/h1-27H. The molecule has 8 aromatic carbocycles. The third-order valence-corrected chi connectivity index (χ3v) is 13.0. The van der Waals surface area contributed by atoms with E-state index in [0.717, 1.165) is 32.5 Å². The number of para-hydroxylation sites is 1. The van der Waals surface area contributed by atoms with Crippen molar-refractivity contribution in [3.8, 4) is 28.3 Å². The van der Waals surface area contributed by atoms with Crippen molar-refractivity contribution in [2.45, 2.75) is 0 Å². The van der Waals surface area contributed by atoms with Crippen molar-refractivity contribution in [1.29, 1.82) is 0 Å². The maximum atomic E-state index is 5.60. The van der Waals surface area contributed by atoms with E-state index in [9.17, 15) is 0 Å². The van der Waals surface area contributed by atoms with E-state index < -0.39 is 0 Å². The summed E-state index contributed by atoms with van der Waals surface area (Å²) in [6, 6.07) is 59.2. The van der Waals surface area contributed by atoms with E-state index in [0.29, 0.717) is 5.95 Å². The Morgan fingerprint density at radius 1 is 0.415 bits per heavy atom. The summed E-state index contributed by atoms with van der Waals surface area (Å²) < 4.78 is 6.15.